The number of halogens is 1. The third kappa shape index (κ3) is 3.19. The average Bonchev–Trinajstić information content (AvgIpc) is 2.30. The van der Waals surface area contributed by atoms with Gasteiger partial charge in [-0.2, -0.15) is 0 Å². The first-order valence-electron chi connectivity index (χ1n) is 4.53. The first kappa shape index (κ1) is 14.4. The van der Waals surface area contributed by atoms with Crippen LogP contribution in [-0.4, -0.2) is 5.78 Å². The van der Waals surface area contributed by atoms with E-state index in [0.29, 0.717) is 0 Å². The molecule has 2 aromatic rings. The van der Waals surface area contributed by atoms with E-state index < -0.39 is 0 Å². The summed E-state index contributed by atoms with van der Waals surface area (Å²) in [6.45, 7) is 0. The maximum Gasteiger partial charge on any atom is 0.193 e. The van der Waals surface area contributed by atoms with E-state index in [1.807, 2.05) is 60.7 Å². The molecule has 0 heterocycles. The van der Waals surface area contributed by atoms with Crippen molar-refractivity contribution in [3.63, 3.8) is 0 Å². The molecular weight excluding hydrogens is 222 g/mol. The van der Waals surface area contributed by atoms with Crippen LogP contribution in [0, 0.1) is 0 Å². The molecule has 0 atom stereocenters. The highest BCUT2D eigenvalue weighted by Gasteiger charge is 2.06. The second-order valence-corrected chi connectivity index (χ2v) is 3.06. The lowest BCUT2D eigenvalue weighted by Crippen LogP contribution is -3.00. The summed E-state index contributed by atoms with van der Waals surface area (Å²) in [6, 6.07) is 18.6. The molecule has 0 bridgehead atoms. The van der Waals surface area contributed by atoms with Crippen molar-refractivity contribution in [1.29, 1.82) is 0 Å². The highest BCUT2D eigenvalue weighted by atomic mass is 35.5. The van der Waals surface area contributed by atoms with Crippen LogP contribution in [0.25, 0.3) is 0 Å². The van der Waals surface area contributed by atoms with Gasteiger partial charge < -0.3 is 18.6 Å². The normalized spacial score (nSPS) is 8.50. The molecular formula is C13H14ClNO. The van der Waals surface area contributed by atoms with Gasteiger partial charge in [-0.1, -0.05) is 60.7 Å². The van der Waals surface area contributed by atoms with Gasteiger partial charge in [-0.25, -0.2) is 0 Å². The molecule has 0 aliphatic carbocycles. The Morgan fingerprint density at radius 3 is 1.31 bits per heavy atom. The minimum absolute atomic E-state index is 0. The van der Waals surface area contributed by atoms with Gasteiger partial charge in [0.1, 0.15) is 0 Å². The Bertz CT molecular complexity index is 387. The van der Waals surface area contributed by atoms with Crippen LogP contribution in [0.5, 0.6) is 0 Å². The molecule has 2 nitrogen and oxygen atoms in total. The predicted molar refractivity (Wildman–Crippen MR) is 62.3 cm³/mol. The van der Waals surface area contributed by atoms with Gasteiger partial charge in [0.25, 0.3) is 0 Å². The molecule has 0 radical (unpaired) electrons. The molecule has 4 N–H and O–H groups in total. The van der Waals surface area contributed by atoms with E-state index in [4.69, 9.17) is 0 Å². The number of quaternary nitrogens is 1. The summed E-state index contributed by atoms with van der Waals surface area (Å²) < 4.78 is 0. The van der Waals surface area contributed by atoms with Crippen molar-refractivity contribution < 1.29 is 17.2 Å². The third-order valence-corrected chi connectivity index (χ3v) is 2.07. The molecule has 2 rings (SSSR count). The fraction of sp³-hybridized carbons (Fsp3) is 0. The van der Waals surface area contributed by atoms with Crippen molar-refractivity contribution in [2.24, 2.45) is 0 Å². The number of carbonyl (C=O) groups excluding carboxylic acids is 1. The number of carbonyl (C=O) groups is 1. The zero-order chi connectivity index (χ0) is 9.80. The van der Waals surface area contributed by atoms with Crippen LogP contribution in [0.15, 0.2) is 60.7 Å². The molecule has 0 saturated heterocycles. The van der Waals surface area contributed by atoms with Gasteiger partial charge in [0.15, 0.2) is 5.78 Å². The van der Waals surface area contributed by atoms with Crippen LogP contribution >= 0.6 is 0 Å². The number of rotatable bonds is 2. The second-order valence-electron chi connectivity index (χ2n) is 3.06. The van der Waals surface area contributed by atoms with E-state index in [1.165, 1.54) is 0 Å². The zero-order valence-corrected chi connectivity index (χ0v) is 9.82. The van der Waals surface area contributed by atoms with Gasteiger partial charge in [-0.3, -0.25) is 4.79 Å². The molecule has 0 spiro atoms. The molecule has 3 heteroatoms. The Kier molecular flexibility index (Phi) is 6.08. The minimum Gasteiger partial charge on any atom is -1.00 e. The molecule has 0 aliphatic rings. The van der Waals surface area contributed by atoms with Crippen molar-refractivity contribution >= 4 is 5.78 Å². The van der Waals surface area contributed by atoms with Crippen LogP contribution in [0.2, 0.25) is 0 Å². The van der Waals surface area contributed by atoms with E-state index in [2.05, 4.69) is 0 Å². The van der Waals surface area contributed by atoms with E-state index in [9.17, 15) is 4.79 Å². The Morgan fingerprint density at radius 1 is 0.688 bits per heavy atom. The molecule has 0 fully saturated rings. The van der Waals surface area contributed by atoms with Gasteiger partial charge in [-0.05, 0) is 0 Å². The van der Waals surface area contributed by atoms with Crippen LogP contribution < -0.4 is 18.6 Å². The molecule has 16 heavy (non-hydrogen) atoms. The smallest absolute Gasteiger partial charge is 0.193 e. The Hall–Kier alpha value is -1.64. The van der Waals surface area contributed by atoms with Crippen LogP contribution in [-0.2, 0) is 0 Å². The van der Waals surface area contributed by atoms with E-state index in [0.717, 1.165) is 11.1 Å². The molecule has 0 aliphatic heterocycles. The maximum atomic E-state index is 11.8. The summed E-state index contributed by atoms with van der Waals surface area (Å²) in [7, 11) is 0. The van der Waals surface area contributed by atoms with E-state index in [1.54, 1.807) is 0 Å². The lowest BCUT2D eigenvalue weighted by molar-refractivity contribution is -0.0000105. The van der Waals surface area contributed by atoms with Crippen molar-refractivity contribution in [3.8, 4) is 0 Å². The minimum atomic E-state index is 0. The lowest BCUT2D eigenvalue weighted by Gasteiger charge is -1.99. The summed E-state index contributed by atoms with van der Waals surface area (Å²) in [5, 5.41) is 0. The molecule has 0 aromatic heterocycles. The molecule has 0 amide bonds. The summed E-state index contributed by atoms with van der Waals surface area (Å²) in [5.74, 6) is 0.0752. The summed E-state index contributed by atoms with van der Waals surface area (Å²) >= 11 is 0. The first-order valence-corrected chi connectivity index (χ1v) is 4.53. The fourth-order valence-corrected chi connectivity index (χ4v) is 1.35. The van der Waals surface area contributed by atoms with Gasteiger partial charge in [0.2, 0.25) is 0 Å². The number of benzene rings is 2. The number of hydrogen-bond acceptors (Lipinski definition) is 1. The van der Waals surface area contributed by atoms with Crippen LogP contribution in [0.4, 0.5) is 0 Å². The van der Waals surface area contributed by atoms with Crippen molar-refractivity contribution in [2.75, 3.05) is 0 Å². The molecule has 0 unspecified atom stereocenters. The van der Waals surface area contributed by atoms with Gasteiger partial charge in [0.05, 0.1) is 0 Å². The molecule has 2 aromatic carbocycles. The van der Waals surface area contributed by atoms with Crippen molar-refractivity contribution in [3.05, 3.63) is 71.8 Å². The highest BCUT2D eigenvalue weighted by molar-refractivity contribution is 6.08. The van der Waals surface area contributed by atoms with Gasteiger partial charge >= 0.3 is 0 Å². The lowest BCUT2D eigenvalue weighted by atomic mass is 10.0. The first-order chi connectivity index (χ1) is 6.88. The Labute approximate surface area is 101 Å². The summed E-state index contributed by atoms with van der Waals surface area (Å²) in [6.07, 6.45) is 0. The van der Waals surface area contributed by atoms with Crippen molar-refractivity contribution in [1.82, 2.24) is 6.15 Å². The zero-order valence-electron chi connectivity index (χ0n) is 9.06. The largest absolute Gasteiger partial charge is 1.00 e. The standard InChI is InChI=1S/C13H10O.ClH.H3N/c14-13(11-7-3-1-4-8-11)12-9-5-2-6-10-12;;/h1-10H;1H;1H3. The van der Waals surface area contributed by atoms with Gasteiger partial charge in [-0.15, -0.1) is 0 Å². The maximum absolute atomic E-state index is 11.8. The Morgan fingerprint density at radius 2 is 1.00 bits per heavy atom. The van der Waals surface area contributed by atoms with E-state index >= 15 is 0 Å². The van der Waals surface area contributed by atoms with Crippen LogP contribution in [0.3, 0.4) is 0 Å². The highest BCUT2D eigenvalue weighted by Crippen LogP contribution is 2.08. The Balaban J connectivity index is 0.00000112. The SMILES string of the molecule is O=C(c1ccccc1)c1ccccc1.[Cl-].[NH4+]. The molecule has 84 valence electrons. The summed E-state index contributed by atoms with van der Waals surface area (Å²) in [4.78, 5) is 11.8. The van der Waals surface area contributed by atoms with E-state index in [-0.39, 0.29) is 24.3 Å². The number of ketones is 1. The summed E-state index contributed by atoms with van der Waals surface area (Å²) in [5.41, 5.74) is 1.47. The second kappa shape index (κ2) is 6.77. The third-order valence-electron chi connectivity index (χ3n) is 2.07. The van der Waals surface area contributed by atoms with Crippen molar-refractivity contribution in [2.45, 2.75) is 0 Å². The average molecular weight is 236 g/mol. The fourth-order valence-electron chi connectivity index (χ4n) is 1.35. The number of hydrogen-bond donors (Lipinski definition) is 1. The quantitative estimate of drug-likeness (QED) is 0.748. The predicted octanol–water partition coefficient (Wildman–Crippen LogP) is 0.298. The molecule has 0 saturated carbocycles. The topological polar surface area (TPSA) is 53.6 Å². The monoisotopic (exact) mass is 235 g/mol. The van der Waals surface area contributed by atoms with Crippen LogP contribution in [0.1, 0.15) is 15.9 Å². The van der Waals surface area contributed by atoms with Gasteiger partial charge in [0, 0.05) is 11.1 Å².